The molecule has 0 saturated carbocycles. The smallest absolute Gasteiger partial charge is 0.228 e. The van der Waals surface area contributed by atoms with Gasteiger partial charge in [-0.3, -0.25) is 9.36 Å². The van der Waals surface area contributed by atoms with Gasteiger partial charge in [-0.2, -0.15) is 0 Å². The summed E-state index contributed by atoms with van der Waals surface area (Å²) >= 11 is 0. The summed E-state index contributed by atoms with van der Waals surface area (Å²) in [5, 5.41) is 2.91. The van der Waals surface area contributed by atoms with Crippen LogP contribution in [-0.4, -0.2) is 25.4 Å². The Morgan fingerprint density at radius 2 is 1.73 bits per heavy atom. The molecule has 0 unspecified atom stereocenters. The van der Waals surface area contributed by atoms with E-state index in [1.165, 1.54) is 0 Å². The molecule has 3 N–H and O–H groups in total. The molecule has 0 fully saturated rings. The summed E-state index contributed by atoms with van der Waals surface area (Å²) in [6.07, 6.45) is 1.93. The maximum Gasteiger partial charge on any atom is 0.228 e. The monoisotopic (exact) mass is 434 g/mol. The number of anilines is 2. The third-order valence-corrected chi connectivity index (χ3v) is 5.34. The number of aryl methyl sites for hydroxylation is 1. The molecule has 7 nitrogen and oxygen atoms in total. The van der Waals surface area contributed by atoms with E-state index in [4.69, 9.17) is 15.7 Å². The van der Waals surface area contributed by atoms with Crippen molar-refractivity contribution in [2.75, 3.05) is 11.1 Å². The Morgan fingerprint density at radius 3 is 2.48 bits per heavy atom. The number of hydrogen-bond acceptors (Lipinski definition) is 5. The first-order chi connectivity index (χ1) is 16.1. The van der Waals surface area contributed by atoms with Crippen LogP contribution in [0.2, 0.25) is 0 Å². The van der Waals surface area contributed by atoms with E-state index in [9.17, 15) is 4.79 Å². The lowest BCUT2D eigenvalue weighted by molar-refractivity contribution is -0.115. The van der Waals surface area contributed by atoms with Crippen LogP contribution in [-0.2, 0) is 11.2 Å². The Kier molecular flexibility index (Phi) is 5.28. The third-order valence-electron chi connectivity index (χ3n) is 5.34. The fourth-order valence-corrected chi connectivity index (χ4v) is 3.76. The van der Waals surface area contributed by atoms with Crippen molar-refractivity contribution >= 4 is 28.6 Å². The van der Waals surface area contributed by atoms with Gasteiger partial charge in [-0.15, -0.1) is 0 Å². The van der Waals surface area contributed by atoms with Crippen LogP contribution in [0.4, 0.5) is 11.5 Å². The Balaban J connectivity index is 1.50. The second-order valence-electron chi connectivity index (χ2n) is 7.76. The van der Waals surface area contributed by atoms with E-state index < -0.39 is 0 Å². The number of para-hydroxylation sites is 1. The Labute approximate surface area is 191 Å². The van der Waals surface area contributed by atoms with Gasteiger partial charge in [-0.05, 0) is 61.0 Å². The number of imidazole rings is 1. The fourth-order valence-electron chi connectivity index (χ4n) is 3.76. The minimum absolute atomic E-state index is 0.0665. The van der Waals surface area contributed by atoms with Crippen LogP contribution in [0.1, 0.15) is 11.3 Å². The molecule has 0 aliphatic rings. The minimum atomic E-state index is -0.0665. The van der Waals surface area contributed by atoms with Crippen molar-refractivity contribution in [3.8, 4) is 17.1 Å². The van der Waals surface area contributed by atoms with Crippen molar-refractivity contribution in [3.63, 3.8) is 0 Å². The molecule has 0 atom stereocenters. The Bertz CT molecular complexity index is 1440. The quantitative estimate of drug-likeness (QED) is 0.423. The number of rotatable bonds is 5. The lowest BCUT2D eigenvalue weighted by atomic mass is 10.1. The van der Waals surface area contributed by atoms with E-state index in [1.54, 1.807) is 6.20 Å². The zero-order valence-corrected chi connectivity index (χ0v) is 18.1. The van der Waals surface area contributed by atoms with Gasteiger partial charge in [0, 0.05) is 23.3 Å². The number of aromatic nitrogens is 4. The molecule has 33 heavy (non-hydrogen) atoms. The highest BCUT2D eigenvalue weighted by atomic mass is 16.1. The lowest BCUT2D eigenvalue weighted by Gasteiger charge is -2.11. The fraction of sp³-hybridized carbons (Fsp3) is 0.0769. The first-order valence-electron chi connectivity index (χ1n) is 10.6. The molecule has 0 spiro atoms. The van der Waals surface area contributed by atoms with Crippen molar-refractivity contribution in [2.24, 2.45) is 0 Å². The number of amides is 1. The molecule has 7 heteroatoms. The molecule has 3 heterocycles. The number of nitrogens with one attached hydrogen (secondary N) is 1. The van der Waals surface area contributed by atoms with Crippen LogP contribution in [0.15, 0.2) is 85.1 Å². The number of carbonyl (C=O) groups is 1. The zero-order valence-electron chi connectivity index (χ0n) is 18.1. The van der Waals surface area contributed by atoms with Crippen LogP contribution < -0.4 is 11.1 Å². The molecule has 3 aromatic heterocycles. The van der Waals surface area contributed by atoms with Crippen molar-refractivity contribution in [1.82, 2.24) is 19.5 Å². The molecule has 0 bridgehead atoms. The van der Waals surface area contributed by atoms with Crippen LogP contribution in [0, 0.1) is 6.92 Å². The SMILES string of the molecule is Cc1ccc2nc(-c3cccnc3N)n(-c3ccc(CC(=O)Nc4ccccc4)cc3)c2n1. The molecule has 0 radical (unpaired) electrons. The summed E-state index contributed by atoms with van der Waals surface area (Å²) in [7, 11) is 0. The van der Waals surface area contributed by atoms with Gasteiger partial charge in [0.05, 0.1) is 12.0 Å². The molecular weight excluding hydrogens is 412 g/mol. The summed E-state index contributed by atoms with van der Waals surface area (Å²) in [5.41, 5.74) is 11.9. The van der Waals surface area contributed by atoms with Gasteiger partial charge in [-0.25, -0.2) is 15.0 Å². The number of nitrogens with zero attached hydrogens (tertiary/aromatic N) is 4. The van der Waals surface area contributed by atoms with Crippen LogP contribution in [0.3, 0.4) is 0 Å². The molecule has 0 saturated heterocycles. The topological polar surface area (TPSA) is 98.7 Å². The van der Waals surface area contributed by atoms with Crippen molar-refractivity contribution in [1.29, 1.82) is 0 Å². The summed E-state index contributed by atoms with van der Waals surface area (Å²) in [5.74, 6) is 1.01. The molecular formula is C26H22N6O. The van der Waals surface area contributed by atoms with E-state index in [1.807, 2.05) is 90.4 Å². The first kappa shape index (κ1) is 20.4. The number of nitrogens with two attached hydrogens (primary N) is 1. The minimum Gasteiger partial charge on any atom is -0.383 e. The molecule has 0 aliphatic heterocycles. The molecule has 162 valence electrons. The van der Waals surface area contributed by atoms with E-state index in [-0.39, 0.29) is 12.3 Å². The van der Waals surface area contributed by atoms with E-state index >= 15 is 0 Å². The number of carbonyl (C=O) groups excluding carboxylic acids is 1. The first-order valence-corrected chi connectivity index (χ1v) is 10.6. The average molecular weight is 435 g/mol. The maximum atomic E-state index is 12.4. The number of hydrogen-bond donors (Lipinski definition) is 2. The predicted molar refractivity (Wildman–Crippen MR) is 130 cm³/mol. The molecule has 0 aliphatic carbocycles. The van der Waals surface area contributed by atoms with Crippen LogP contribution in [0.25, 0.3) is 28.2 Å². The van der Waals surface area contributed by atoms with Crippen molar-refractivity contribution in [2.45, 2.75) is 13.3 Å². The Morgan fingerprint density at radius 1 is 0.939 bits per heavy atom. The van der Waals surface area contributed by atoms with Gasteiger partial charge in [0.25, 0.3) is 0 Å². The van der Waals surface area contributed by atoms with Crippen molar-refractivity contribution < 1.29 is 4.79 Å². The van der Waals surface area contributed by atoms with Crippen LogP contribution in [0.5, 0.6) is 0 Å². The van der Waals surface area contributed by atoms with Crippen molar-refractivity contribution in [3.05, 3.63) is 96.3 Å². The maximum absolute atomic E-state index is 12.4. The highest BCUT2D eigenvalue weighted by Gasteiger charge is 2.18. The summed E-state index contributed by atoms with van der Waals surface area (Å²) in [6.45, 7) is 1.95. The second-order valence-corrected chi connectivity index (χ2v) is 7.76. The third kappa shape index (κ3) is 4.16. The summed E-state index contributed by atoms with van der Waals surface area (Å²) in [4.78, 5) is 26.2. The van der Waals surface area contributed by atoms with E-state index in [0.717, 1.165) is 39.4 Å². The highest BCUT2D eigenvalue weighted by Crippen LogP contribution is 2.30. The van der Waals surface area contributed by atoms with E-state index in [0.29, 0.717) is 11.6 Å². The summed E-state index contributed by atoms with van der Waals surface area (Å²) in [6, 6.07) is 24.9. The molecule has 1 amide bonds. The van der Waals surface area contributed by atoms with Gasteiger partial charge in [0.1, 0.15) is 11.3 Å². The van der Waals surface area contributed by atoms with E-state index in [2.05, 4.69) is 10.3 Å². The Hall–Kier alpha value is -4.52. The lowest BCUT2D eigenvalue weighted by Crippen LogP contribution is -2.14. The zero-order chi connectivity index (χ0) is 22.8. The standard InChI is InChI=1S/C26H22N6O/c1-17-9-14-22-26(29-17)32(25(31-22)21-8-5-15-28-24(21)27)20-12-10-18(11-13-20)16-23(33)30-19-6-3-2-4-7-19/h2-15H,16H2,1H3,(H2,27,28)(H,30,33). The number of nitrogen functional groups attached to an aromatic ring is 1. The predicted octanol–water partition coefficient (Wildman–Crippen LogP) is 4.55. The van der Waals surface area contributed by atoms with Gasteiger partial charge >= 0.3 is 0 Å². The second kappa shape index (κ2) is 8.55. The molecule has 5 rings (SSSR count). The number of pyridine rings is 2. The number of benzene rings is 2. The van der Waals surface area contributed by atoms with Gasteiger partial charge in [-0.1, -0.05) is 30.3 Å². The van der Waals surface area contributed by atoms with Gasteiger partial charge < -0.3 is 11.1 Å². The number of fused-ring (bicyclic) bond motifs is 1. The van der Waals surface area contributed by atoms with Gasteiger partial charge in [0.15, 0.2) is 11.5 Å². The normalized spacial score (nSPS) is 10.9. The largest absolute Gasteiger partial charge is 0.383 e. The van der Waals surface area contributed by atoms with Gasteiger partial charge in [0.2, 0.25) is 5.91 Å². The molecule has 2 aromatic carbocycles. The molecule has 5 aromatic rings. The average Bonchev–Trinajstić information content (AvgIpc) is 3.19. The summed E-state index contributed by atoms with van der Waals surface area (Å²) < 4.78 is 1.98. The van der Waals surface area contributed by atoms with Crippen LogP contribution >= 0.6 is 0 Å². The highest BCUT2D eigenvalue weighted by molar-refractivity contribution is 5.92.